The average Bonchev–Trinajstić information content (AvgIpc) is 2.70. The Hall–Kier alpha value is -2.70. The summed E-state index contributed by atoms with van der Waals surface area (Å²) in [7, 11) is 0. The maximum atomic E-state index is 12.2. The lowest BCUT2D eigenvalue weighted by atomic mass is 10.1. The van der Waals surface area contributed by atoms with E-state index in [4.69, 9.17) is 0 Å². The van der Waals surface area contributed by atoms with E-state index in [1.165, 1.54) is 12.1 Å². The molecule has 104 valence electrons. The van der Waals surface area contributed by atoms with Crippen LogP contribution in [0.4, 0.5) is 11.5 Å². The van der Waals surface area contributed by atoms with Crippen molar-refractivity contribution in [2.45, 2.75) is 20.8 Å². The van der Waals surface area contributed by atoms with Gasteiger partial charge in [-0.05, 0) is 32.4 Å². The van der Waals surface area contributed by atoms with Gasteiger partial charge in [0.15, 0.2) is 5.82 Å². The number of amides is 1. The highest BCUT2D eigenvalue weighted by Gasteiger charge is 2.21. The Morgan fingerprint density at radius 2 is 2.05 bits per heavy atom. The van der Waals surface area contributed by atoms with Gasteiger partial charge in [-0.3, -0.25) is 20.0 Å². The summed E-state index contributed by atoms with van der Waals surface area (Å²) in [6.07, 6.45) is 0. The molecule has 0 atom stereocenters. The van der Waals surface area contributed by atoms with Gasteiger partial charge in [0, 0.05) is 17.3 Å². The van der Waals surface area contributed by atoms with Crippen molar-refractivity contribution in [2.75, 3.05) is 5.32 Å². The fourth-order valence-corrected chi connectivity index (χ4v) is 1.77. The number of hydrogen-bond acceptors (Lipinski definition) is 4. The van der Waals surface area contributed by atoms with Crippen LogP contribution >= 0.6 is 0 Å². The van der Waals surface area contributed by atoms with Crippen LogP contribution in [0.15, 0.2) is 18.2 Å². The lowest BCUT2D eigenvalue weighted by Gasteiger charge is -2.05. The van der Waals surface area contributed by atoms with E-state index >= 15 is 0 Å². The lowest BCUT2D eigenvalue weighted by Crippen LogP contribution is -2.15. The smallest absolute Gasteiger partial charge is 0.282 e. The average molecular weight is 274 g/mol. The minimum absolute atomic E-state index is 0.0232. The van der Waals surface area contributed by atoms with E-state index < -0.39 is 10.8 Å². The molecule has 1 aromatic heterocycles. The number of aryl methyl sites for hydroxylation is 2. The van der Waals surface area contributed by atoms with E-state index in [0.717, 1.165) is 16.8 Å². The van der Waals surface area contributed by atoms with Gasteiger partial charge < -0.3 is 5.32 Å². The van der Waals surface area contributed by atoms with Crippen molar-refractivity contribution in [1.29, 1.82) is 0 Å². The summed E-state index contributed by atoms with van der Waals surface area (Å²) >= 11 is 0. The third kappa shape index (κ3) is 2.51. The highest BCUT2D eigenvalue weighted by atomic mass is 16.6. The molecule has 0 aliphatic heterocycles. The molecule has 0 spiro atoms. The number of nitrogens with one attached hydrogen (secondary N) is 2. The molecule has 0 saturated heterocycles. The number of carbonyl (C=O) groups excluding carboxylic acids is 1. The van der Waals surface area contributed by atoms with Crippen LogP contribution in [0.25, 0.3) is 0 Å². The number of carbonyl (C=O) groups is 1. The zero-order valence-electron chi connectivity index (χ0n) is 11.4. The quantitative estimate of drug-likeness (QED) is 0.663. The molecule has 0 radical (unpaired) electrons. The van der Waals surface area contributed by atoms with Crippen molar-refractivity contribution in [3.63, 3.8) is 0 Å². The molecule has 0 aliphatic rings. The number of anilines is 1. The van der Waals surface area contributed by atoms with E-state index in [1.54, 1.807) is 19.9 Å². The SMILES string of the molecule is Cc1ccc([N+](=O)[O-])c(C(=O)Nc2n[nH]c(C)c2C)c1. The Labute approximate surface area is 115 Å². The van der Waals surface area contributed by atoms with Gasteiger partial charge in [-0.2, -0.15) is 5.10 Å². The molecule has 1 heterocycles. The number of aromatic amines is 1. The van der Waals surface area contributed by atoms with Gasteiger partial charge in [0.05, 0.1) is 4.92 Å². The van der Waals surface area contributed by atoms with E-state index in [-0.39, 0.29) is 11.3 Å². The third-order valence-electron chi connectivity index (χ3n) is 3.08. The highest BCUT2D eigenvalue weighted by molar-refractivity contribution is 6.07. The summed E-state index contributed by atoms with van der Waals surface area (Å²) in [5, 5.41) is 20.2. The normalized spacial score (nSPS) is 10.3. The Balaban J connectivity index is 2.36. The second-order valence-corrected chi connectivity index (χ2v) is 4.55. The number of nitro benzene ring substituents is 1. The molecule has 20 heavy (non-hydrogen) atoms. The van der Waals surface area contributed by atoms with Crippen molar-refractivity contribution in [3.05, 3.63) is 50.7 Å². The van der Waals surface area contributed by atoms with Crippen LogP contribution < -0.4 is 5.32 Å². The van der Waals surface area contributed by atoms with Gasteiger partial charge in [-0.25, -0.2) is 0 Å². The monoisotopic (exact) mass is 274 g/mol. The number of H-pyrrole nitrogens is 1. The molecule has 0 aliphatic carbocycles. The second-order valence-electron chi connectivity index (χ2n) is 4.55. The molecule has 2 rings (SSSR count). The molecule has 0 unspecified atom stereocenters. The fourth-order valence-electron chi connectivity index (χ4n) is 1.77. The van der Waals surface area contributed by atoms with Gasteiger partial charge in [-0.15, -0.1) is 0 Å². The standard InChI is InChI=1S/C13H14N4O3/c1-7-4-5-11(17(19)20)10(6-7)13(18)14-12-8(2)9(3)15-16-12/h4-6H,1-3H3,(H2,14,15,16,18). The molecular weight excluding hydrogens is 260 g/mol. The van der Waals surface area contributed by atoms with Gasteiger partial charge in [0.25, 0.3) is 11.6 Å². The van der Waals surface area contributed by atoms with Crippen molar-refractivity contribution in [3.8, 4) is 0 Å². The first-order chi connectivity index (χ1) is 9.40. The van der Waals surface area contributed by atoms with Gasteiger partial charge in [-0.1, -0.05) is 6.07 Å². The topological polar surface area (TPSA) is 101 Å². The number of hydrogen-bond donors (Lipinski definition) is 2. The molecular formula is C13H14N4O3. The molecule has 0 saturated carbocycles. The Kier molecular flexibility index (Phi) is 3.51. The number of nitro groups is 1. The minimum Gasteiger partial charge on any atom is -0.305 e. The maximum absolute atomic E-state index is 12.2. The molecule has 2 aromatic rings. The van der Waals surface area contributed by atoms with Crippen LogP contribution in [0.5, 0.6) is 0 Å². The number of aromatic nitrogens is 2. The van der Waals surface area contributed by atoms with Crippen LogP contribution in [0.3, 0.4) is 0 Å². The van der Waals surface area contributed by atoms with E-state index in [0.29, 0.717) is 5.82 Å². The first kappa shape index (κ1) is 13.7. The lowest BCUT2D eigenvalue weighted by molar-refractivity contribution is -0.385. The first-order valence-electron chi connectivity index (χ1n) is 5.98. The third-order valence-corrected chi connectivity index (χ3v) is 3.08. The van der Waals surface area contributed by atoms with Crippen molar-refractivity contribution < 1.29 is 9.72 Å². The Bertz CT molecular complexity index is 691. The number of benzene rings is 1. The minimum atomic E-state index is -0.572. The molecule has 2 N–H and O–H groups in total. The van der Waals surface area contributed by atoms with E-state index in [9.17, 15) is 14.9 Å². The Morgan fingerprint density at radius 1 is 1.35 bits per heavy atom. The van der Waals surface area contributed by atoms with Gasteiger partial charge in [0.1, 0.15) is 5.56 Å². The molecule has 1 amide bonds. The largest absolute Gasteiger partial charge is 0.305 e. The predicted octanol–water partition coefficient (Wildman–Crippen LogP) is 2.50. The summed E-state index contributed by atoms with van der Waals surface area (Å²) < 4.78 is 0. The van der Waals surface area contributed by atoms with Crippen LogP contribution in [-0.2, 0) is 0 Å². The molecule has 1 aromatic carbocycles. The Morgan fingerprint density at radius 3 is 2.60 bits per heavy atom. The van der Waals surface area contributed by atoms with Crippen LogP contribution in [0.1, 0.15) is 27.2 Å². The summed E-state index contributed by atoms with van der Waals surface area (Å²) in [6.45, 7) is 5.40. The summed E-state index contributed by atoms with van der Waals surface area (Å²) in [6, 6.07) is 4.41. The molecule has 7 heteroatoms. The van der Waals surface area contributed by atoms with Crippen LogP contribution in [-0.4, -0.2) is 21.0 Å². The van der Waals surface area contributed by atoms with E-state index in [1.807, 2.05) is 6.92 Å². The van der Waals surface area contributed by atoms with Crippen molar-refractivity contribution >= 4 is 17.4 Å². The van der Waals surface area contributed by atoms with E-state index in [2.05, 4.69) is 15.5 Å². The van der Waals surface area contributed by atoms with Gasteiger partial charge in [0.2, 0.25) is 0 Å². The van der Waals surface area contributed by atoms with Crippen molar-refractivity contribution in [1.82, 2.24) is 10.2 Å². The van der Waals surface area contributed by atoms with Crippen LogP contribution in [0.2, 0.25) is 0 Å². The van der Waals surface area contributed by atoms with Crippen molar-refractivity contribution in [2.24, 2.45) is 0 Å². The fraction of sp³-hybridized carbons (Fsp3) is 0.231. The first-order valence-corrected chi connectivity index (χ1v) is 5.98. The molecule has 0 bridgehead atoms. The van der Waals surface area contributed by atoms with Crippen LogP contribution in [0, 0.1) is 30.9 Å². The summed E-state index contributed by atoms with van der Waals surface area (Å²) in [5.41, 5.74) is 2.21. The zero-order chi connectivity index (χ0) is 14.9. The highest BCUT2D eigenvalue weighted by Crippen LogP contribution is 2.22. The summed E-state index contributed by atoms with van der Waals surface area (Å²) in [5.74, 6) is -0.168. The zero-order valence-corrected chi connectivity index (χ0v) is 11.4. The second kappa shape index (κ2) is 5.12. The molecule has 0 fully saturated rings. The number of rotatable bonds is 3. The maximum Gasteiger partial charge on any atom is 0.282 e. The molecule has 7 nitrogen and oxygen atoms in total. The predicted molar refractivity (Wildman–Crippen MR) is 73.8 cm³/mol. The van der Waals surface area contributed by atoms with Gasteiger partial charge >= 0.3 is 0 Å². The number of nitrogens with zero attached hydrogens (tertiary/aromatic N) is 2. The summed E-state index contributed by atoms with van der Waals surface area (Å²) in [4.78, 5) is 22.6.